The first-order chi connectivity index (χ1) is 17.8. The van der Waals surface area contributed by atoms with Crippen molar-refractivity contribution in [3.8, 4) is 0 Å². The van der Waals surface area contributed by atoms with Gasteiger partial charge in [0.15, 0.2) is 0 Å². The minimum atomic E-state index is -0.560. The number of epoxide rings is 2. The van der Waals surface area contributed by atoms with Crippen molar-refractivity contribution >= 4 is 11.8 Å². The molecule has 3 saturated heterocycles. The van der Waals surface area contributed by atoms with Gasteiger partial charge in [-0.15, -0.1) is 6.58 Å². The SMILES string of the molecule is C=CC1CC(=O)N(C(C)(C)CC(C)OC(C)(C)CC2CO2)CC(=O)N1C(C)(C)CC(C)OC(C)(C)CC1CO1. The molecule has 224 valence electrons. The molecule has 0 aliphatic carbocycles. The highest BCUT2D eigenvalue weighted by Gasteiger charge is 2.45. The van der Waals surface area contributed by atoms with Gasteiger partial charge in [0.1, 0.15) is 6.54 Å². The Balaban J connectivity index is 1.68. The molecule has 0 saturated carbocycles. The van der Waals surface area contributed by atoms with Crippen molar-refractivity contribution in [3.05, 3.63) is 12.7 Å². The van der Waals surface area contributed by atoms with Gasteiger partial charge >= 0.3 is 0 Å². The fourth-order valence-electron chi connectivity index (χ4n) is 6.74. The highest BCUT2D eigenvalue weighted by Crippen LogP contribution is 2.35. The van der Waals surface area contributed by atoms with Crippen LogP contribution in [0.25, 0.3) is 0 Å². The average molecular weight is 551 g/mol. The number of carbonyl (C=O) groups is 2. The molecule has 0 aromatic rings. The first-order valence-electron chi connectivity index (χ1n) is 14.7. The van der Waals surface area contributed by atoms with E-state index in [4.69, 9.17) is 18.9 Å². The van der Waals surface area contributed by atoms with Crippen LogP contribution in [-0.2, 0) is 28.5 Å². The number of rotatable bonds is 15. The number of hydrogen-bond acceptors (Lipinski definition) is 6. The van der Waals surface area contributed by atoms with Crippen molar-refractivity contribution in [1.82, 2.24) is 9.80 Å². The van der Waals surface area contributed by atoms with Gasteiger partial charge in [0.2, 0.25) is 11.8 Å². The van der Waals surface area contributed by atoms with Gasteiger partial charge in [-0.3, -0.25) is 9.59 Å². The number of nitrogens with zero attached hydrogens (tertiary/aromatic N) is 2. The van der Waals surface area contributed by atoms with Crippen LogP contribution < -0.4 is 0 Å². The fraction of sp³-hybridized carbons (Fsp3) is 0.871. The van der Waals surface area contributed by atoms with Crippen LogP contribution in [0.2, 0.25) is 0 Å². The summed E-state index contributed by atoms with van der Waals surface area (Å²) in [5.74, 6) is -0.106. The van der Waals surface area contributed by atoms with E-state index in [1.54, 1.807) is 11.0 Å². The second kappa shape index (κ2) is 11.8. The van der Waals surface area contributed by atoms with Crippen molar-refractivity contribution in [1.29, 1.82) is 0 Å². The molecule has 0 spiro atoms. The Morgan fingerprint density at radius 3 is 1.69 bits per heavy atom. The molecule has 39 heavy (non-hydrogen) atoms. The van der Waals surface area contributed by atoms with Crippen LogP contribution in [0.4, 0.5) is 0 Å². The quantitative estimate of drug-likeness (QED) is 0.213. The minimum Gasteiger partial charge on any atom is -0.373 e. The lowest BCUT2D eigenvalue weighted by molar-refractivity contribution is -0.147. The number of ether oxygens (including phenoxy) is 4. The van der Waals surface area contributed by atoms with Gasteiger partial charge in [-0.25, -0.2) is 0 Å². The Labute approximate surface area is 236 Å². The zero-order chi connectivity index (χ0) is 29.4. The average Bonchev–Trinajstić information content (AvgIpc) is 3.65. The van der Waals surface area contributed by atoms with Crippen molar-refractivity contribution in [2.45, 2.75) is 154 Å². The molecule has 3 aliphatic heterocycles. The normalized spacial score (nSPS) is 26.4. The van der Waals surface area contributed by atoms with Crippen molar-refractivity contribution in [2.24, 2.45) is 0 Å². The Bertz CT molecular complexity index is 890. The Kier molecular flexibility index (Phi) is 9.68. The van der Waals surface area contributed by atoms with Crippen LogP contribution >= 0.6 is 0 Å². The summed E-state index contributed by atoms with van der Waals surface area (Å²) in [6.45, 7) is 26.3. The summed E-state index contributed by atoms with van der Waals surface area (Å²) in [6, 6.07) is -0.382. The first kappa shape index (κ1) is 32.0. The second-order valence-electron chi connectivity index (χ2n) is 14.5. The molecule has 3 aliphatic rings. The van der Waals surface area contributed by atoms with Gasteiger partial charge in [0, 0.05) is 23.9 Å². The van der Waals surface area contributed by atoms with E-state index in [1.165, 1.54) is 0 Å². The van der Waals surface area contributed by atoms with Crippen LogP contribution in [-0.4, -0.2) is 94.1 Å². The van der Waals surface area contributed by atoms with E-state index in [0.717, 1.165) is 26.1 Å². The standard InChI is InChI=1S/C31H54N2O6/c1-12-23-13-26(34)32(28(4,5)14-21(2)38-30(8,9)16-24-19-36-24)18-27(35)33(23)29(6,7)15-22(3)39-31(10,11)17-25-20-37-25/h12,21-25H,1,13-20H2,2-11H3. The highest BCUT2D eigenvalue weighted by atomic mass is 16.6. The molecule has 0 bridgehead atoms. The Hall–Kier alpha value is -1.48. The van der Waals surface area contributed by atoms with Crippen LogP contribution in [0.15, 0.2) is 12.7 Å². The van der Waals surface area contributed by atoms with Crippen LogP contribution in [0.3, 0.4) is 0 Å². The molecular formula is C31H54N2O6. The van der Waals surface area contributed by atoms with Gasteiger partial charge in [-0.2, -0.15) is 0 Å². The summed E-state index contributed by atoms with van der Waals surface area (Å²) in [4.78, 5) is 31.1. The molecule has 5 unspecified atom stereocenters. The monoisotopic (exact) mass is 550 g/mol. The molecule has 0 aromatic heterocycles. The minimum absolute atomic E-state index is 0.0331. The molecule has 3 rings (SSSR count). The number of amides is 2. The molecule has 0 radical (unpaired) electrons. The van der Waals surface area contributed by atoms with Crippen molar-refractivity contribution in [2.75, 3.05) is 19.8 Å². The molecule has 8 heteroatoms. The fourth-order valence-corrected chi connectivity index (χ4v) is 6.74. The predicted molar refractivity (Wildman–Crippen MR) is 153 cm³/mol. The van der Waals surface area contributed by atoms with Crippen LogP contribution in [0, 0.1) is 0 Å². The van der Waals surface area contributed by atoms with E-state index in [9.17, 15) is 9.59 Å². The van der Waals surface area contributed by atoms with Crippen molar-refractivity contribution in [3.63, 3.8) is 0 Å². The summed E-state index contributed by atoms with van der Waals surface area (Å²) < 4.78 is 23.6. The van der Waals surface area contributed by atoms with E-state index >= 15 is 0 Å². The molecule has 5 atom stereocenters. The summed E-state index contributed by atoms with van der Waals surface area (Å²) in [6.07, 6.45) is 5.29. The maximum atomic E-state index is 13.9. The van der Waals surface area contributed by atoms with E-state index in [0.29, 0.717) is 12.8 Å². The third-order valence-corrected chi connectivity index (χ3v) is 8.09. The van der Waals surface area contributed by atoms with Gasteiger partial charge in [-0.1, -0.05) is 6.08 Å². The zero-order valence-corrected chi connectivity index (χ0v) is 26.2. The summed E-state index contributed by atoms with van der Waals surface area (Å²) in [7, 11) is 0. The predicted octanol–water partition coefficient (Wildman–Crippen LogP) is 4.88. The van der Waals surface area contributed by atoms with Crippen LogP contribution in [0.1, 0.15) is 101 Å². The molecule has 0 aromatic carbocycles. The van der Waals surface area contributed by atoms with Gasteiger partial charge in [-0.05, 0) is 82.1 Å². The van der Waals surface area contributed by atoms with E-state index in [-0.39, 0.29) is 66.4 Å². The third kappa shape index (κ3) is 9.27. The Morgan fingerprint density at radius 1 is 0.846 bits per heavy atom. The molecular weight excluding hydrogens is 496 g/mol. The molecule has 2 amide bonds. The lowest BCUT2D eigenvalue weighted by atomic mass is 9.91. The highest BCUT2D eigenvalue weighted by molar-refractivity contribution is 5.89. The second-order valence-corrected chi connectivity index (χ2v) is 14.5. The topological polar surface area (TPSA) is 84.1 Å². The molecule has 0 N–H and O–H groups in total. The molecule has 3 fully saturated rings. The largest absolute Gasteiger partial charge is 0.373 e. The van der Waals surface area contributed by atoms with Crippen LogP contribution in [0.5, 0.6) is 0 Å². The lowest BCUT2D eigenvalue weighted by Crippen LogP contribution is -2.56. The summed E-state index contributed by atoms with van der Waals surface area (Å²) in [5.41, 5.74) is -1.72. The third-order valence-electron chi connectivity index (χ3n) is 8.09. The van der Waals surface area contributed by atoms with Gasteiger partial charge in [0.05, 0.1) is 61.3 Å². The Morgan fingerprint density at radius 2 is 1.28 bits per heavy atom. The summed E-state index contributed by atoms with van der Waals surface area (Å²) in [5, 5.41) is 0. The molecule has 8 nitrogen and oxygen atoms in total. The van der Waals surface area contributed by atoms with E-state index < -0.39 is 11.1 Å². The van der Waals surface area contributed by atoms with Crippen molar-refractivity contribution < 1.29 is 28.5 Å². The lowest BCUT2D eigenvalue weighted by Gasteiger charge is -2.44. The maximum Gasteiger partial charge on any atom is 0.243 e. The first-order valence-corrected chi connectivity index (χ1v) is 14.7. The van der Waals surface area contributed by atoms with Gasteiger partial charge < -0.3 is 28.7 Å². The maximum absolute atomic E-state index is 13.9. The number of carbonyl (C=O) groups excluding carboxylic acids is 2. The van der Waals surface area contributed by atoms with Gasteiger partial charge in [0.25, 0.3) is 0 Å². The van der Waals surface area contributed by atoms with E-state index in [1.807, 2.05) is 25.7 Å². The molecule has 3 heterocycles. The number of hydrogen-bond donors (Lipinski definition) is 0. The zero-order valence-electron chi connectivity index (χ0n) is 26.2. The summed E-state index contributed by atoms with van der Waals surface area (Å²) >= 11 is 0. The van der Waals surface area contributed by atoms with E-state index in [2.05, 4.69) is 55.0 Å². The smallest absolute Gasteiger partial charge is 0.243 e.